The highest BCUT2D eigenvalue weighted by Gasteiger charge is 2.08. The zero-order valence-electron chi connectivity index (χ0n) is 9.79. The molecule has 0 fully saturated rings. The van der Waals surface area contributed by atoms with Crippen LogP contribution in [0.15, 0.2) is 36.8 Å². The molecule has 0 spiro atoms. The molecule has 4 nitrogen and oxygen atoms in total. The van der Waals surface area contributed by atoms with Gasteiger partial charge in [-0.25, -0.2) is 9.78 Å². The van der Waals surface area contributed by atoms with E-state index in [2.05, 4.69) is 18.8 Å². The lowest BCUT2D eigenvalue weighted by atomic mass is 10.1. The summed E-state index contributed by atoms with van der Waals surface area (Å²) >= 11 is 0. The molecule has 1 N–H and O–H groups in total. The predicted molar refractivity (Wildman–Crippen MR) is 64.6 cm³/mol. The minimum absolute atomic E-state index is 0.292. The fourth-order valence-electron chi connectivity index (χ4n) is 1.71. The second-order valence-corrected chi connectivity index (χ2v) is 4.20. The average Bonchev–Trinajstić information content (AvgIpc) is 2.78. The van der Waals surface area contributed by atoms with Gasteiger partial charge in [-0.1, -0.05) is 13.8 Å². The summed E-state index contributed by atoms with van der Waals surface area (Å²) in [6, 6.07) is 6.78. The molecule has 0 aliphatic rings. The number of carboxylic acids is 1. The molecule has 0 saturated carbocycles. The molecule has 0 atom stereocenters. The lowest BCUT2D eigenvalue weighted by molar-refractivity contribution is 0.0697. The quantitative estimate of drug-likeness (QED) is 0.882. The van der Waals surface area contributed by atoms with Gasteiger partial charge in [-0.3, -0.25) is 0 Å². The highest BCUT2D eigenvalue weighted by atomic mass is 16.4. The largest absolute Gasteiger partial charge is 0.478 e. The minimum atomic E-state index is -0.911. The van der Waals surface area contributed by atoms with Gasteiger partial charge >= 0.3 is 5.97 Å². The van der Waals surface area contributed by atoms with Crippen molar-refractivity contribution in [2.24, 2.45) is 0 Å². The highest BCUT2D eigenvalue weighted by molar-refractivity contribution is 5.87. The van der Waals surface area contributed by atoms with E-state index in [-0.39, 0.29) is 0 Å². The first-order valence-electron chi connectivity index (χ1n) is 5.45. The third-order valence-electron chi connectivity index (χ3n) is 2.65. The predicted octanol–water partition coefficient (Wildman–Crippen LogP) is 2.69. The molecule has 88 valence electrons. The summed E-state index contributed by atoms with van der Waals surface area (Å²) in [4.78, 5) is 14.9. The van der Waals surface area contributed by atoms with Crippen LogP contribution in [0.3, 0.4) is 0 Å². The Labute approximate surface area is 99.5 Å². The topological polar surface area (TPSA) is 55.1 Å². The van der Waals surface area contributed by atoms with E-state index < -0.39 is 5.97 Å². The number of imidazole rings is 1. The highest BCUT2D eigenvalue weighted by Crippen LogP contribution is 2.18. The molecular weight excluding hydrogens is 216 g/mol. The molecule has 1 aromatic heterocycles. The van der Waals surface area contributed by atoms with Crippen molar-refractivity contribution in [1.82, 2.24) is 9.55 Å². The third kappa shape index (κ3) is 2.20. The Hall–Kier alpha value is -2.10. The van der Waals surface area contributed by atoms with E-state index in [1.807, 2.05) is 10.8 Å². The number of benzene rings is 1. The number of rotatable bonds is 3. The first-order valence-corrected chi connectivity index (χ1v) is 5.45. The molecule has 1 heterocycles. The van der Waals surface area contributed by atoms with Crippen molar-refractivity contribution >= 4 is 5.97 Å². The maximum Gasteiger partial charge on any atom is 0.335 e. The van der Waals surface area contributed by atoms with Crippen LogP contribution < -0.4 is 0 Å². The monoisotopic (exact) mass is 230 g/mol. The van der Waals surface area contributed by atoms with E-state index in [1.165, 1.54) is 0 Å². The molecule has 0 unspecified atom stereocenters. The normalized spacial score (nSPS) is 10.8. The summed E-state index contributed by atoms with van der Waals surface area (Å²) in [5.41, 5.74) is 2.32. The maximum atomic E-state index is 10.8. The second kappa shape index (κ2) is 4.41. The Morgan fingerprint density at radius 3 is 2.47 bits per heavy atom. The van der Waals surface area contributed by atoms with Crippen molar-refractivity contribution in [3.05, 3.63) is 48.0 Å². The van der Waals surface area contributed by atoms with Crippen LogP contribution in [-0.2, 0) is 0 Å². The molecule has 0 amide bonds. The standard InChI is InChI=1S/C13H14N2O2/c1-9(2)12-7-14-8-15(12)11-5-3-10(4-6-11)13(16)17/h3-9H,1-2H3,(H,16,17). The van der Waals surface area contributed by atoms with Crippen LogP contribution in [0.2, 0.25) is 0 Å². The van der Waals surface area contributed by atoms with E-state index in [4.69, 9.17) is 5.11 Å². The molecule has 0 saturated heterocycles. The zero-order valence-corrected chi connectivity index (χ0v) is 9.79. The lowest BCUT2D eigenvalue weighted by Gasteiger charge is -2.10. The Morgan fingerprint density at radius 2 is 1.94 bits per heavy atom. The summed E-state index contributed by atoms with van der Waals surface area (Å²) in [5, 5.41) is 8.83. The molecule has 17 heavy (non-hydrogen) atoms. The van der Waals surface area contributed by atoms with Gasteiger partial charge < -0.3 is 9.67 Å². The van der Waals surface area contributed by atoms with Crippen molar-refractivity contribution in [2.75, 3.05) is 0 Å². The molecule has 0 radical (unpaired) electrons. The second-order valence-electron chi connectivity index (χ2n) is 4.20. The van der Waals surface area contributed by atoms with Gasteiger partial charge in [0.05, 0.1) is 11.9 Å². The van der Waals surface area contributed by atoms with E-state index in [9.17, 15) is 4.79 Å². The van der Waals surface area contributed by atoms with Crippen LogP contribution in [-0.4, -0.2) is 20.6 Å². The van der Waals surface area contributed by atoms with Crippen LogP contribution >= 0.6 is 0 Å². The van der Waals surface area contributed by atoms with Gasteiger partial charge in [0.25, 0.3) is 0 Å². The van der Waals surface area contributed by atoms with Gasteiger partial charge in [0.2, 0.25) is 0 Å². The molecule has 2 aromatic rings. The number of hydrogen-bond donors (Lipinski definition) is 1. The molecule has 4 heteroatoms. The number of aromatic nitrogens is 2. The smallest absolute Gasteiger partial charge is 0.335 e. The molecule has 0 bridgehead atoms. The molecule has 2 rings (SSSR count). The number of aromatic carboxylic acids is 1. The molecular formula is C13H14N2O2. The Kier molecular flexibility index (Phi) is 2.95. The number of carboxylic acid groups (broad SMARTS) is 1. The lowest BCUT2D eigenvalue weighted by Crippen LogP contribution is -2.02. The van der Waals surface area contributed by atoms with Crippen molar-refractivity contribution in [3.63, 3.8) is 0 Å². The van der Waals surface area contributed by atoms with Gasteiger partial charge in [0.15, 0.2) is 0 Å². The Morgan fingerprint density at radius 1 is 1.29 bits per heavy atom. The van der Waals surface area contributed by atoms with E-state index >= 15 is 0 Å². The van der Waals surface area contributed by atoms with Crippen molar-refractivity contribution < 1.29 is 9.90 Å². The van der Waals surface area contributed by atoms with Crippen LogP contribution in [0, 0.1) is 0 Å². The molecule has 0 aliphatic carbocycles. The van der Waals surface area contributed by atoms with E-state index in [0.29, 0.717) is 11.5 Å². The average molecular weight is 230 g/mol. The Balaban J connectivity index is 2.40. The summed E-state index contributed by atoms with van der Waals surface area (Å²) < 4.78 is 1.97. The maximum absolute atomic E-state index is 10.8. The SMILES string of the molecule is CC(C)c1cncn1-c1ccc(C(=O)O)cc1. The van der Waals surface area contributed by atoms with Crippen LogP contribution in [0.25, 0.3) is 5.69 Å². The third-order valence-corrected chi connectivity index (χ3v) is 2.65. The summed E-state index contributed by atoms with van der Waals surface area (Å²) in [6.45, 7) is 4.19. The number of hydrogen-bond acceptors (Lipinski definition) is 2. The first-order chi connectivity index (χ1) is 8.09. The number of nitrogens with zero attached hydrogens (tertiary/aromatic N) is 2. The van der Waals surface area contributed by atoms with E-state index in [0.717, 1.165) is 11.4 Å². The van der Waals surface area contributed by atoms with Gasteiger partial charge in [-0.05, 0) is 30.2 Å². The van der Waals surface area contributed by atoms with Crippen molar-refractivity contribution in [1.29, 1.82) is 0 Å². The van der Waals surface area contributed by atoms with Crippen LogP contribution in [0.4, 0.5) is 0 Å². The van der Waals surface area contributed by atoms with Crippen molar-refractivity contribution in [2.45, 2.75) is 19.8 Å². The van der Waals surface area contributed by atoms with Gasteiger partial charge in [0, 0.05) is 17.6 Å². The first kappa shape index (κ1) is 11.4. The number of carbonyl (C=O) groups is 1. The summed E-state index contributed by atoms with van der Waals surface area (Å²) in [7, 11) is 0. The minimum Gasteiger partial charge on any atom is -0.478 e. The molecule has 0 aliphatic heterocycles. The summed E-state index contributed by atoms with van der Waals surface area (Å²) in [5.74, 6) is -0.539. The van der Waals surface area contributed by atoms with E-state index in [1.54, 1.807) is 30.6 Å². The fraction of sp³-hybridized carbons (Fsp3) is 0.231. The fourth-order valence-corrected chi connectivity index (χ4v) is 1.71. The molecule has 1 aromatic carbocycles. The van der Waals surface area contributed by atoms with Gasteiger partial charge in [-0.2, -0.15) is 0 Å². The Bertz CT molecular complexity index is 527. The van der Waals surface area contributed by atoms with Crippen molar-refractivity contribution in [3.8, 4) is 5.69 Å². The zero-order chi connectivity index (χ0) is 12.4. The summed E-state index contributed by atoms with van der Waals surface area (Å²) in [6.07, 6.45) is 3.57. The van der Waals surface area contributed by atoms with Crippen LogP contribution in [0.1, 0.15) is 35.8 Å². The van der Waals surface area contributed by atoms with Crippen LogP contribution in [0.5, 0.6) is 0 Å². The van der Waals surface area contributed by atoms with Gasteiger partial charge in [-0.15, -0.1) is 0 Å². The van der Waals surface area contributed by atoms with Gasteiger partial charge in [0.1, 0.15) is 0 Å².